The number of rotatable bonds is 9. The van der Waals surface area contributed by atoms with Crippen LogP contribution in [0.25, 0.3) is 0 Å². The van der Waals surface area contributed by atoms with Gasteiger partial charge in [0.2, 0.25) is 10.0 Å². The van der Waals surface area contributed by atoms with Crippen molar-refractivity contribution >= 4 is 15.9 Å². The quantitative estimate of drug-likeness (QED) is 0.606. The number of aryl methyl sites for hydroxylation is 1. The van der Waals surface area contributed by atoms with Crippen LogP contribution < -0.4 is 19.5 Å². The molecular weight excluding hydrogens is 416 g/mol. The summed E-state index contributed by atoms with van der Waals surface area (Å²) in [6.07, 6.45) is 0. The first-order valence-corrected chi connectivity index (χ1v) is 11.7. The van der Waals surface area contributed by atoms with E-state index in [9.17, 15) is 13.2 Å². The first kappa shape index (κ1) is 24.7. The van der Waals surface area contributed by atoms with Crippen molar-refractivity contribution in [1.82, 2.24) is 10.0 Å². The van der Waals surface area contributed by atoms with E-state index in [0.29, 0.717) is 12.3 Å². The van der Waals surface area contributed by atoms with Crippen molar-refractivity contribution in [3.05, 3.63) is 52.6 Å². The second-order valence-electron chi connectivity index (χ2n) is 7.67. The van der Waals surface area contributed by atoms with E-state index in [-0.39, 0.29) is 16.4 Å². The summed E-state index contributed by atoms with van der Waals surface area (Å²) in [7, 11) is -0.823. The van der Waals surface area contributed by atoms with Gasteiger partial charge in [-0.15, -0.1) is 0 Å². The van der Waals surface area contributed by atoms with Gasteiger partial charge in [-0.3, -0.25) is 4.79 Å². The summed E-state index contributed by atoms with van der Waals surface area (Å²) in [5, 5.41) is 2.67. The maximum Gasteiger partial charge on any atom is 0.255 e. The molecule has 0 aliphatic heterocycles. The molecule has 0 radical (unpaired) electrons. The molecule has 2 N–H and O–H groups in total. The molecule has 0 aromatic heterocycles. The lowest BCUT2D eigenvalue weighted by molar-refractivity contribution is 0.0952. The molecule has 0 fully saturated rings. The number of hydrogen-bond acceptors (Lipinski definition) is 5. The Labute approximate surface area is 185 Å². The second-order valence-corrected chi connectivity index (χ2v) is 9.38. The summed E-state index contributed by atoms with van der Waals surface area (Å²) in [6.45, 7) is 10.1. The first-order chi connectivity index (χ1) is 14.5. The lowest BCUT2D eigenvalue weighted by Gasteiger charge is -2.21. The van der Waals surface area contributed by atoms with Crippen LogP contribution in [-0.4, -0.2) is 35.1 Å². The number of nitrogens with one attached hydrogen (secondary N) is 2. The minimum atomic E-state index is -3.89. The fourth-order valence-electron chi connectivity index (χ4n) is 3.46. The number of methoxy groups -OCH3 is 2. The summed E-state index contributed by atoms with van der Waals surface area (Å²) in [5.41, 5.74) is 2.97. The Morgan fingerprint density at radius 3 is 2.19 bits per heavy atom. The normalized spacial score (nSPS) is 12.5. The Bertz CT molecular complexity index is 1050. The van der Waals surface area contributed by atoms with Crippen LogP contribution in [0.4, 0.5) is 0 Å². The Balaban J connectivity index is 2.41. The molecular formula is C23H32N2O5S. The zero-order chi connectivity index (χ0) is 23.3. The molecule has 1 atom stereocenters. The van der Waals surface area contributed by atoms with Crippen molar-refractivity contribution < 1.29 is 22.7 Å². The van der Waals surface area contributed by atoms with Gasteiger partial charge in [0, 0.05) is 12.6 Å². The van der Waals surface area contributed by atoms with Crippen molar-refractivity contribution in [2.75, 3.05) is 20.8 Å². The van der Waals surface area contributed by atoms with Crippen LogP contribution in [-0.2, 0) is 10.0 Å². The number of carbonyl (C=O) groups excluding carboxylic acids is 1. The third-order valence-corrected chi connectivity index (χ3v) is 6.64. The van der Waals surface area contributed by atoms with Gasteiger partial charge in [-0.25, -0.2) is 13.1 Å². The third-order valence-electron chi connectivity index (χ3n) is 5.10. The molecule has 0 aliphatic carbocycles. The summed E-state index contributed by atoms with van der Waals surface area (Å²) in [5.74, 6) is 0.926. The highest BCUT2D eigenvalue weighted by atomic mass is 32.2. The molecule has 2 aromatic rings. The van der Waals surface area contributed by atoms with Crippen molar-refractivity contribution in [2.45, 2.75) is 51.5 Å². The summed E-state index contributed by atoms with van der Waals surface area (Å²) in [6, 6.07) is 7.68. The van der Waals surface area contributed by atoms with E-state index in [0.717, 1.165) is 22.4 Å². The van der Waals surface area contributed by atoms with Crippen LogP contribution in [0.15, 0.2) is 35.2 Å². The molecule has 31 heavy (non-hydrogen) atoms. The lowest BCUT2D eigenvalue weighted by atomic mass is 9.94. The Morgan fingerprint density at radius 2 is 1.65 bits per heavy atom. The van der Waals surface area contributed by atoms with E-state index >= 15 is 0 Å². The molecule has 0 unspecified atom stereocenters. The van der Waals surface area contributed by atoms with Crippen molar-refractivity contribution in [3.63, 3.8) is 0 Å². The highest BCUT2D eigenvalue weighted by Gasteiger charge is 2.23. The SMILES string of the molecule is CCNC(=O)c1cc(S(=O)(=O)N[C@@H](C)c2cc(C(C)C)c(OC)cc2C)ccc1OC. The number of carbonyl (C=O) groups is 1. The maximum atomic E-state index is 13.1. The standard InChI is InChI=1S/C23H32N2O5S/c1-8-24-23(26)20-12-17(9-10-21(20)29-6)31(27,28)25-16(5)19-13-18(14(2)3)22(30-7)11-15(19)4/h9-14,16,25H,8H2,1-7H3,(H,24,26)/t16-/m0/s1. The van der Waals surface area contributed by atoms with E-state index < -0.39 is 22.0 Å². The van der Waals surface area contributed by atoms with Crippen LogP contribution >= 0.6 is 0 Å². The molecule has 0 aliphatic rings. The predicted octanol–water partition coefficient (Wildman–Crippen LogP) is 3.92. The zero-order valence-electron chi connectivity index (χ0n) is 19.2. The Hall–Kier alpha value is -2.58. The molecule has 1 amide bonds. The average molecular weight is 449 g/mol. The molecule has 0 saturated heterocycles. The van der Waals surface area contributed by atoms with Gasteiger partial charge in [0.1, 0.15) is 11.5 Å². The van der Waals surface area contributed by atoms with Gasteiger partial charge >= 0.3 is 0 Å². The molecule has 2 rings (SSSR count). The van der Waals surface area contributed by atoms with Crippen molar-refractivity contribution in [2.24, 2.45) is 0 Å². The van der Waals surface area contributed by atoms with E-state index in [1.54, 1.807) is 21.0 Å². The smallest absolute Gasteiger partial charge is 0.255 e. The van der Waals surface area contributed by atoms with Gasteiger partial charge in [-0.05, 0) is 73.7 Å². The predicted molar refractivity (Wildman–Crippen MR) is 122 cm³/mol. The van der Waals surface area contributed by atoms with Crippen molar-refractivity contribution in [1.29, 1.82) is 0 Å². The van der Waals surface area contributed by atoms with Crippen LogP contribution in [0.5, 0.6) is 11.5 Å². The fourth-order valence-corrected chi connectivity index (χ4v) is 4.71. The highest BCUT2D eigenvalue weighted by molar-refractivity contribution is 7.89. The highest BCUT2D eigenvalue weighted by Crippen LogP contribution is 2.32. The van der Waals surface area contributed by atoms with Gasteiger partial charge in [0.15, 0.2) is 0 Å². The zero-order valence-corrected chi connectivity index (χ0v) is 20.0. The lowest BCUT2D eigenvalue weighted by Crippen LogP contribution is -2.28. The minimum absolute atomic E-state index is 0.00310. The first-order valence-electron chi connectivity index (χ1n) is 10.2. The number of hydrogen-bond donors (Lipinski definition) is 2. The van der Waals surface area contributed by atoms with E-state index in [1.807, 2.05) is 19.1 Å². The largest absolute Gasteiger partial charge is 0.496 e. The molecule has 0 saturated carbocycles. The molecule has 170 valence electrons. The number of sulfonamides is 1. The summed E-state index contributed by atoms with van der Waals surface area (Å²) in [4.78, 5) is 12.3. The van der Waals surface area contributed by atoms with Crippen LogP contribution in [0.1, 0.15) is 66.7 Å². The number of amides is 1. The number of benzene rings is 2. The van der Waals surface area contributed by atoms with Gasteiger partial charge in [-0.2, -0.15) is 0 Å². The summed E-state index contributed by atoms with van der Waals surface area (Å²) < 4.78 is 39.6. The van der Waals surface area contributed by atoms with Crippen LogP contribution in [0.2, 0.25) is 0 Å². The Kier molecular flexibility index (Phi) is 8.08. The molecule has 2 aromatic carbocycles. The van der Waals surface area contributed by atoms with E-state index in [4.69, 9.17) is 9.47 Å². The Morgan fingerprint density at radius 1 is 1.00 bits per heavy atom. The van der Waals surface area contributed by atoms with E-state index in [2.05, 4.69) is 23.9 Å². The fraction of sp³-hybridized carbons (Fsp3) is 0.435. The average Bonchev–Trinajstić information content (AvgIpc) is 2.72. The van der Waals surface area contributed by atoms with E-state index in [1.165, 1.54) is 25.3 Å². The molecule has 8 heteroatoms. The van der Waals surface area contributed by atoms with Crippen LogP contribution in [0.3, 0.4) is 0 Å². The number of ether oxygens (including phenoxy) is 2. The monoisotopic (exact) mass is 448 g/mol. The molecule has 0 spiro atoms. The maximum absolute atomic E-state index is 13.1. The molecule has 0 heterocycles. The van der Waals surface area contributed by atoms with Gasteiger partial charge in [-0.1, -0.05) is 13.8 Å². The second kappa shape index (κ2) is 10.2. The summed E-state index contributed by atoms with van der Waals surface area (Å²) >= 11 is 0. The van der Waals surface area contributed by atoms with Gasteiger partial charge in [0.25, 0.3) is 5.91 Å². The molecule has 0 bridgehead atoms. The topological polar surface area (TPSA) is 93.7 Å². The van der Waals surface area contributed by atoms with Crippen molar-refractivity contribution in [3.8, 4) is 11.5 Å². The van der Waals surface area contributed by atoms with Gasteiger partial charge < -0.3 is 14.8 Å². The minimum Gasteiger partial charge on any atom is -0.496 e. The molecule has 7 nitrogen and oxygen atoms in total. The van der Waals surface area contributed by atoms with Crippen LogP contribution in [0, 0.1) is 6.92 Å². The van der Waals surface area contributed by atoms with Gasteiger partial charge in [0.05, 0.1) is 24.7 Å². The third kappa shape index (κ3) is 5.57.